The molecule has 0 aliphatic carbocycles. The van der Waals surface area contributed by atoms with E-state index in [1.54, 1.807) is 6.08 Å². The molecular formula is C15H20O4. The van der Waals surface area contributed by atoms with Gasteiger partial charge in [-0.3, -0.25) is 0 Å². The van der Waals surface area contributed by atoms with E-state index in [0.717, 1.165) is 5.56 Å². The van der Waals surface area contributed by atoms with Gasteiger partial charge in [0.05, 0.1) is 19.8 Å². The number of ether oxygens (including phenoxy) is 2. The first kappa shape index (κ1) is 15.4. The molecule has 4 heteroatoms. The lowest BCUT2D eigenvalue weighted by Gasteiger charge is -2.08. The number of carbonyl (C=O) groups is 1. The van der Waals surface area contributed by atoms with Gasteiger partial charge in [0.1, 0.15) is 0 Å². The first-order chi connectivity index (χ1) is 9.22. The summed E-state index contributed by atoms with van der Waals surface area (Å²) in [6.07, 6.45) is 3.38. The highest BCUT2D eigenvalue weighted by molar-refractivity contribution is 5.81. The minimum atomic E-state index is -0.503. The molecule has 0 fully saturated rings. The Hall–Kier alpha value is -1.65. The molecule has 0 bridgehead atoms. The summed E-state index contributed by atoms with van der Waals surface area (Å²) in [4.78, 5) is 10.8. The smallest absolute Gasteiger partial charge is 0.330 e. The van der Waals surface area contributed by atoms with Crippen LogP contribution in [-0.4, -0.2) is 30.9 Å². The topological polar surface area (TPSA) is 55.8 Å². The highest BCUT2D eigenvalue weighted by Gasteiger charge is 2.02. The monoisotopic (exact) mass is 264 g/mol. The number of rotatable bonds is 8. The molecule has 0 amide bonds. The lowest BCUT2D eigenvalue weighted by Crippen LogP contribution is -2.09. The Bertz CT molecular complexity index is 386. The van der Waals surface area contributed by atoms with Crippen molar-refractivity contribution >= 4 is 5.97 Å². The van der Waals surface area contributed by atoms with Crippen LogP contribution in [0.4, 0.5) is 0 Å². The number of benzene rings is 1. The van der Waals surface area contributed by atoms with Crippen LogP contribution in [0.1, 0.15) is 18.4 Å². The lowest BCUT2D eigenvalue weighted by molar-refractivity contribution is -0.134. The van der Waals surface area contributed by atoms with Crippen LogP contribution < -0.4 is 0 Å². The molecule has 0 saturated carbocycles. The number of carbonyl (C=O) groups excluding carboxylic acids is 1. The van der Waals surface area contributed by atoms with E-state index in [2.05, 4.69) is 4.74 Å². The first-order valence-corrected chi connectivity index (χ1v) is 6.26. The lowest BCUT2D eigenvalue weighted by atomic mass is 10.2. The molecule has 0 aliphatic rings. The van der Waals surface area contributed by atoms with Crippen molar-refractivity contribution in [1.29, 1.82) is 0 Å². The number of hydrogen-bond donors (Lipinski definition) is 1. The maximum Gasteiger partial charge on any atom is 0.330 e. The van der Waals surface area contributed by atoms with Gasteiger partial charge in [-0.15, -0.1) is 0 Å². The van der Waals surface area contributed by atoms with Crippen LogP contribution in [0.25, 0.3) is 0 Å². The summed E-state index contributed by atoms with van der Waals surface area (Å²) in [6, 6.07) is 9.88. The zero-order chi connectivity index (χ0) is 13.9. The van der Waals surface area contributed by atoms with Gasteiger partial charge in [-0.25, -0.2) is 4.79 Å². The molecule has 1 N–H and O–H groups in total. The van der Waals surface area contributed by atoms with E-state index in [0.29, 0.717) is 26.1 Å². The van der Waals surface area contributed by atoms with Crippen molar-refractivity contribution in [2.75, 3.05) is 13.7 Å². The third-order valence-corrected chi connectivity index (χ3v) is 2.57. The minimum Gasteiger partial charge on any atom is -0.466 e. The van der Waals surface area contributed by atoms with Gasteiger partial charge in [-0.05, 0) is 18.4 Å². The Kier molecular flexibility index (Phi) is 7.54. The van der Waals surface area contributed by atoms with Crippen LogP contribution in [0.5, 0.6) is 0 Å². The molecule has 0 saturated heterocycles. The molecule has 1 atom stereocenters. The Morgan fingerprint density at radius 1 is 1.37 bits per heavy atom. The fourth-order valence-electron chi connectivity index (χ4n) is 1.49. The van der Waals surface area contributed by atoms with Crippen molar-refractivity contribution in [3.63, 3.8) is 0 Å². The van der Waals surface area contributed by atoms with Crippen LogP contribution in [-0.2, 0) is 20.9 Å². The Balaban J connectivity index is 2.09. The molecular weight excluding hydrogens is 244 g/mol. The van der Waals surface area contributed by atoms with E-state index in [9.17, 15) is 9.90 Å². The van der Waals surface area contributed by atoms with Crippen molar-refractivity contribution in [2.24, 2.45) is 0 Å². The highest BCUT2D eigenvalue weighted by Crippen LogP contribution is 2.03. The second-order valence-corrected chi connectivity index (χ2v) is 4.14. The van der Waals surface area contributed by atoms with Crippen LogP contribution in [0.3, 0.4) is 0 Å². The van der Waals surface area contributed by atoms with Gasteiger partial charge in [0.25, 0.3) is 0 Å². The van der Waals surface area contributed by atoms with E-state index in [1.165, 1.54) is 13.2 Å². The second-order valence-electron chi connectivity index (χ2n) is 4.14. The zero-order valence-corrected chi connectivity index (χ0v) is 11.1. The van der Waals surface area contributed by atoms with Gasteiger partial charge in [0.15, 0.2) is 0 Å². The van der Waals surface area contributed by atoms with Crippen molar-refractivity contribution < 1.29 is 19.4 Å². The average molecular weight is 264 g/mol. The number of hydrogen-bond acceptors (Lipinski definition) is 4. The van der Waals surface area contributed by atoms with E-state index in [1.807, 2.05) is 30.3 Å². The maximum atomic E-state index is 10.8. The van der Waals surface area contributed by atoms with Crippen molar-refractivity contribution in [1.82, 2.24) is 0 Å². The molecule has 19 heavy (non-hydrogen) atoms. The van der Waals surface area contributed by atoms with Crippen LogP contribution in [0.2, 0.25) is 0 Å². The minimum absolute atomic E-state index is 0.410. The average Bonchev–Trinajstić information content (AvgIpc) is 2.44. The summed E-state index contributed by atoms with van der Waals surface area (Å²) in [5.74, 6) is -0.410. The third kappa shape index (κ3) is 7.39. The van der Waals surface area contributed by atoms with Crippen molar-refractivity contribution in [2.45, 2.75) is 25.6 Å². The van der Waals surface area contributed by atoms with Crippen LogP contribution in [0.15, 0.2) is 42.5 Å². The zero-order valence-electron chi connectivity index (χ0n) is 11.1. The third-order valence-electron chi connectivity index (χ3n) is 2.57. The number of esters is 1. The molecule has 0 spiro atoms. The van der Waals surface area contributed by atoms with Gasteiger partial charge >= 0.3 is 5.97 Å². The predicted molar refractivity (Wildman–Crippen MR) is 72.5 cm³/mol. The summed E-state index contributed by atoms with van der Waals surface area (Å²) < 4.78 is 9.91. The molecule has 1 aromatic carbocycles. The van der Waals surface area contributed by atoms with Crippen molar-refractivity contribution in [3.8, 4) is 0 Å². The molecule has 0 aromatic heterocycles. The van der Waals surface area contributed by atoms with Gasteiger partial charge < -0.3 is 14.6 Å². The van der Waals surface area contributed by atoms with Gasteiger partial charge in [0, 0.05) is 12.7 Å². The molecule has 104 valence electrons. The van der Waals surface area contributed by atoms with E-state index in [4.69, 9.17) is 4.74 Å². The Labute approximate surface area is 113 Å². The van der Waals surface area contributed by atoms with E-state index >= 15 is 0 Å². The maximum absolute atomic E-state index is 10.8. The van der Waals surface area contributed by atoms with Crippen LogP contribution >= 0.6 is 0 Å². The summed E-state index contributed by atoms with van der Waals surface area (Å²) >= 11 is 0. The largest absolute Gasteiger partial charge is 0.466 e. The molecule has 4 nitrogen and oxygen atoms in total. The standard InChI is InChI=1S/C15H20O4/c1-18-15(17)9-5-8-14(16)10-11-19-12-13-6-3-2-4-7-13/h2-7,9,14,16H,8,10-12H2,1H3/b9-5+/t14-/m1/s1. The van der Waals surface area contributed by atoms with Crippen molar-refractivity contribution in [3.05, 3.63) is 48.0 Å². The first-order valence-electron chi connectivity index (χ1n) is 6.26. The van der Waals surface area contributed by atoms with E-state index in [-0.39, 0.29) is 0 Å². The molecule has 0 radical (unpaired) electrons. The molecule has 1 rings (SSSR count). The second kappa shape index (κ2) is 9.30. The molecule has 0 heterocycles. The molecule has 0 aliphatic heterocycles. The quantitative estimate of drug-likeness (QED) is 0.443. The van der Waals surface area contributed by atoms with Crippen LogP contribution in [0, 0.1) is 0 Å². The number of aliphatic hydroxyl groups excluding tert-OH is 1. The fraction of sp³-hybridized carbons (Fsp3) is 0.400. The van der Waals surface area contributed by atoms with E-state index < -0.39 is 12.1 Å². The fourth-order valence-corrected chi connectivity index (χ4v) is 1.49. The number of methoxy groups -OCH3 is 1. The number of aliphatic hydroxyl groups is 1. The Morgan fingerprint density at radius 3 is 2.79 bits per heavy atom. The van der Waals surface area contributed by atoms with Gasteiger partial charge in [0.2, 0.25) is 0 Å². The summed E-state index contributed by atoms with van der Waals surface area (Å²) in [5.41, 5.74) is 1.11. The normalized spacial score (nSPS) is 12.5. The van der Waals surface area contributed by atoms with Gasteiger partial charge in [-0.1, -0.05) is 36.4 Å². The highest BCUT2D eigenvalue weighted by atomic mass is 16.5. The predicted octanol–water partition coefficient (Wildman–Crippen LogP) is 2.07. The molecule has 1 aromatic rings. The summed E-state index contributed by atoms with van der Waals surface area (Å²) in [6.45, 7) is 1.04. The molecule has 0 unspecified atom stereocenters. The van der Waals surface area contributed by atoms with Gasteiger partial charge in [-0.2, -0.15) is 0 Å². The Morgan fingerprint density at radius 2 is 2.11 bits per heavy atom. The summed E-state index contributed by atoms with van der Waals surface area (Å²) in [7, 11) is 1.32. The summed E-state index contributed by atoms with van der Waals surface area (Å²) in [5, 5.41) is 9.65. The SMILES string of the molecule is COC(=O)/C=C/C[C@@H](O)CCOCc1ccccc1.